The van der Waals surface area contributed by atoms with E-state index in [-0.39, 0.29) is 0 Å². The summed E-state index contributed by atoms with van der Waals surface area (Å²) in [5, 5.41) is 4.01. The molecule has 0 atom stereocenters. The van der Waals surface area contributed by atoms with Crippen molar-refractivity contribution < 1.29 is 9.26 Å². The molecule has 2 aromatic rings. The highest BCUT2D eigenvalue weighted by molar-refractivity contribution is 5.72. The van der Waals surface area contributed by atoms with Gasteiger partial charge in [0.15, 0.2) is 5.76 Å². The van der Waals surface area contributed by atoms with Crippen LogP contribution in [0.5, 0.6) is 5.75 Å². The highest BCUT2D eigenvalue weighted by atomic mass is 16.5. The molecule has 0 bridgehead atoms. The van der Waals surface area contributed by atoms with Crippen molar-refractivity contribution in [3.8, 4) is 5.75 Å². The number of ether oxygens (including phenoxy) is 1. The van der Waals surface area contributed by atoms with E-state index in [4.69, 9.17) is 9.26 Å². The topological polar surface area (TPSA) is 38.5 Å². The van der Waals surface area contributed by atoms with Crippen LogP contribution in [-0.4, -0.2) is 18.3 Å². The Kier molecular flexibility index (Phi) is 2.28. The molecule has 0 fully saturated rings. The molecule has 0 N–H and O–H groups in total. The highest BCUT2D eigenvalue weighted by Crippen LogP contribution is 2.38. The lowest BCUT2D eigenvalue weighted by Crippen LogP contribution is -2.29. The number of rotatable bonds is 1. The molecule has 4 heteroatoms. The van der Waals surface area contributed by atoms with Crippen LogP contribution in [0.4, 0.5) is 11.4 Å². The van der Waals surface area contributed by atoms with Crippen molar-refractivity contribution in [2.24, 2.45) is 0 Å². The molecule has 17 heavy (non-hydrogen) atoms. The maximum atomic E-state index is 5.64. The summed E-state index contributed by atoms with van der Waals surface area (Å²) >= 11 is 0. The number of para-hydroxylation sites is 2. The fourth-order valence-corrected chi connectivity index (χ4v) is 2.27. The standard InChI is InChI=1S/C13H14N2O2/c1-9-13(10(2)17-14-9)15-7-8-16-12-6-4-3-5-11(12)15/h3-6H,7-8H2,1-2H3. The lowest BCUT2D eigenvalue weighted by atomic mass is 10.2. The van der Waals surface area contributed by atoms with E-state index in [1.807, 2.05) is 32.0 Å². The van der Waals surface area contributed by atoms with Gasteiger partial charge in [0.1, 0.15) is 23.7 Å². The number of hydrogen-bond acceptors (Lipinski definition) is 4. The normalized spacial score (nSPS) is 14.4. The molecular formula is C13H14N2O2. The first-order valence-corrected chi connectivity index (χ1v) is 5.69. The van der Waals surface area contributed by atoms with Crippen LogP contribution in [0.1, 0.15) is 11.5 Å². The minimum Gasteiger partial charge on any atom is -0.490 e. The third-order valence-electron chi connectivity index (χ3n) is 2.99. The molecule has 1 aliphatic rings. The Morgan fingerprint density at radius 3 is 2.82 bits per heavy atom. The fraction of sp³-hybridized carbons (Fsp3) is 0.308. The molecule has 3 rings (SSSR count). The maximum Gasteiger partial charge on any atom is 0.157 e. The molecule has 0 amide bonds. The Morgan fingerprint density at radius 1 is 1.24 bits per heavy atom. The first-order chi connectivity index (χ1) is 8.27. The maximum absolute atomic E-state index is 5.64. The van der Waals surface area contributed by atoms with Gasteiger partial charge in [-0.2, -0.15) is 0 Å². The third-order valence-corrected chi connectivity index (χ3v) is 2.99. The van der Waals surface area contributed by atoms with Crippen LogP contribution in [0.2, 0.25) is 0 Å². The molecule has 1 aliphatic heterocycles. The van der Waals surface area contributed by atoms with Gasteiger partial charge in [-0.1, -0.05) is 17.3 Å². The predicted molar refractivity (Wildman–Crippen MR) is 64.9 cm³/mol. The predicted octanol–water partition coefficient (Wildman–Crippen LogP) is 2.82. The number of aromatic nitrogens is 1. The van der Waals surface area contributed by atoms with E-state index >= 15 is 0 Å². The van der Waals surface area contributed by atoms with E-state index < -0.39 is 0 Å². The lowest BCUT2D eigenvalue weighted by molar-refractivity contribution is 0.313. The summed E-state index contributed by atoms with van der Waals surface area (Å²) in [6.45, 7) is 5.40. The van der Waals surface area contributed by atoms with Gasteiger partial charge >= 0.3 is 0 Å². The molecule has 0 radical (unpaired) electrons. The van der Waals surface area contributed by atoms with Crippen LogP contribution in [0.15, 0.2) is 28.8 Å². The molecular weight excluding hydrogens is 216 g/mol. The van der Waals surface area contributed by atoms with E-state index in [1.165, 1.54) is 0 Å². The second kappa shape index (κ2) is 3.80. The quantitative estimate of drug-likeness (QED) is 0.755. The zero-order valence-electron chi connectivity index (χ0n) is 9.93. The molecule has 1 aromatic heterocycles. The Balaban J connectivity index is 2.12. The molecule has 0 aliphatic carbocycles. The molecule has 4 nitrogen and oxygen atoms in total. The highest BCUT2D eigenvalue weighted by Gasteiger charge is 2.24. The van der Waals surface area contributed by atoms with E-state index in [0.717, 1.165) is 35.1 Å². The van der Waals surface area contributed by atoms with E-state index in [2.05, 4.69) is 16.1 Å². The largest absolute Gasteiger partial charge is 0.490 e. The van der Waals surface area contributed by atoms with Crippen LogP contribution in [0.3, 0.4) is 0 Å². The minimum absolute atomic E-state index is 0.682. The second-order valence-electron chi connectivity index (χ2n) is 4.14. The average Bonchev–Trinajstić information content (AvgIpc) is 2.69. The lowest BCUT2D eigenvalue weighted by Gasteiger charge is -2.30. The second-order valence-corrected chi connectivity index (χ2v) is 4.14. The van der Waals surface area contributed by atoms with Crippen LogP contribution in [0, 0.1) is 13.8 Å². The summed E-state index contributed by atoms with van der Waals surface area (Å²) < 4.78 is 10.9. The van der Waals surface area contributed by atoms with Crippen molar-refractivity contribution in [3.05, 3.63) is 35.7 Å². The van der Waals surface area contributed by atoms with Gasteiger partial charge in [-0.3, -0.25) is 0 Å². The van der Waals surface area contributed by atoms with Crippen LogP contribution >= 0.6 is 0 Å². The summed E-state index contributed by atoms with van der Waals surface area (Å²) in [6.07, 6.45) is 0. The van der Waals surface area contributed by atoms with E-state index in [0.29, 0.717) is 6.61 Å². The zero-order chi connectivity index (χ0) is 11.8. The van der Waals surface area contributed by atoms with Gasteiger partial charge in [-0.15, -0.1) is 0 Å². The number of aryl methyl sites for hydroxylation is 2. The Hall–Kier alpha value is -1.97. The SMILES string of the molecule is Cc1noc(C)c1N1CCOc2ccccc21. The fourth-order valence-electron chi connectivity index (χ4n) is 2.27. The number of fused-ring (bicyclic) bond motifs is 1. The monoisotopic (exact) mass is 230 g/mol. The third kappa shape index (κ3) is 1.56. The summed E-state index contributed by atoms with van der Waals surface area (Å²) in [5.74, 6) is 1.76. The molecule has 0 unspecified atom stereocenters. The van der Waals surface area contributed by atoms with Crippen LogP contribution in [0.25, 0.3) is 0 Å². The Bertz CT molecular complexity index is 529. The van der Waals surface area contributed by atoms with Crippen molar-refractivity contribution in [2.75, 3.05) is 18.1 Å². The van der Waals surface area contributed by atoms with Gasteiger partial charge in [0.25, 0.3) is 0 Å². The van der Waals surface area contributed by atoms with Crippen molar-refractivity contribution in [3.63, 3.8) is 0 Å². The molecule has 2 heterocycles. The van der Waals surface area contributed by atoms with Gasteiger partial charge in [-0.05, 0) is 26.0 Å². The Labute approximate surface area is 99.8 Å². The van der Waals surface area contributed by atoms with Gasteiger partial charge in [0.2, 0.25) is 0 Å². The number of hydrogen-bond donors (Lipinski definition) is 0. The van der Waals surface area contributed by atoms with Gasteiger partial charge in [0.05, 0.1) is 12.2 Å². The van der Waals surface area contributed by atoms with Crippen LogP contribution < -0.4 is 9.64 Å². The smallest absolute Gasteiger partial charge is 0.157 e. The minimum atomic E-state index is 0.682. The molecule has 0 saturated carbocycles. The average molecular weight is 230 g/mol. The van der Waals surface area contributed by atoms with Gasteiger partial charge < -0.3 is 14.2 Å². The van der Waals surface area contributed by atoms with Crippen molar-refractivity contribution in [1.82, 2.24) is 5.16 Å². The molecule has 88 valence electrons. The molecule has 1 aromatic carbocycles. The van der Waals surface area contributed by atoms with E-state index in [1.54, 1.807) is 0 Å². The number of nitrogens with zero attached hydrogens (tertiary/aromatic N) is 2. The molecule has 0 spiro atoms. The first-order valence-electron chi connectivity index (χ1n) is 5.69. The number of benzene rings is 1. The van der Waals surface area contributed by atoms with Gasteiger partial charge in [-0.25, -0.2) is 0 Å². The number of anilines is 2. The van der Waals surface area contributed by atoms with Gasteiger partial charge in [0, 0.05) is 0 Å². The van der Waals surface area contributed by atoms with Crippen molar-refractivity contribution >= 4 is 11.4 Å². The van der Waals surface area contributed by atoms with Crippen molar-refractivity contribution in [1.29, 1.82) is 0 Å². The zero-order valence-corrected chi connectivity index (χ0v) is 9.93. The van der Waals surface area contributed by atoms with E-state index in [9.17, 15) is 0 Å². The van der Waals surface area contributed by atoms with Crippen molar-refractivity contribution in [2.45, 2.75) is 13.8 Å². The summed E-state index contributed by atoms with van der Waals surface area (Å²) in [5.41, 5.74) is 3.05. The summed E-state index contributed by atoms with van der Waals surface area (Å²) in [7, 11) is 0. The summed E-state index contributed by atoms with van der Waals surface area (Å²) in [4.78, 5) is 2.21. The van der Waals surface area contributed by atoms with Crippen LogP contribution in [-0.2, 0) is 0 Å². The summed E-state index contributed by atoms with van der Waals surface area (Å²) in [6, 6.07) is 8.04. The molecule has 0 saturated heterocycles. The Morgan fingerprint density at radius 2 is 2.06 bits per heavy atom. The first kappa shape index (κ1) is 10.2.